The van der Waals surface area contributed by atoms with Crippen LogP contribution in [0.1, 0.15) is 336 Å². The summed E-state index contributed by atoms with van der Waals surface area (Å²) in [5.74, 6) is 1.52. The minimum Gasteiger partial charge on any atom is -0.466 e. The molecule has 0 aliphatic heterocycles. The van der Waals surface area contributed by atoms with Crippen LogP contribution >= 0.6 is 0 Å². The van der Waals surface area contributed by atoms with Crippen molar-refractivity contribution >= 4 is 11.9 Å². The molecule has 0 amide bonds. The topological polar surface area (TPSA) is 52.6 Å². The molecule has 0 atom stereocenters. The van der Waals surface area contributed by atoms with Crippen LogP contribution < -0.4 is 0 Å². The predicted molar refractivity (Wildman–Crippen MR) is 273 cm³/mol. The summed E-state index contributed by atoms with van der Waals surface area (Å²) in [7, 11) is 0. The van der Waals surface area contributed by atoms with E-state index in [4.69, 9.17) is 9.47 Å². The van der Waals surface area contributed by atoms with Gasteiger partial charge in [-0.3, -0.25) is 9.59 Å². The zero-order chi connectivity index (χ0) is 45.1. The van der Waals surface area contributed by atoms with Crippen LogP contribution in [0.4, 0.5) is 0 Å². The Bertz CT molecular complexity index is 797. The van der Waals surface area contributed by atoms with Crippen LogP contribution in [0.5, 0.6) is 0 Å². The Labute approximate surface area is 390 Å². The van der Waals surface area contributed by atoms with Gasteiger partial charge in [0.05, 0.1) is 13.2 Å². The molecule has 0 radical (unpaired) electrons. The number of rotatable bonds is 53. The zero-order valence-electron chi connectivity index (χ0n) is 43.1. The van der Waals surface area contributed by atoms with Gasteiger partial charge in [-0.25, -0.2) is 0 Å². The number of carbonyl (C=O) groups excluding carboxylic acids is 2. The summed E-state index contributed by atoms with van der Waals surface area (Å²) in [4.78, 5) is 24.1. The van der Waals surface area contributed by atoms with Crippen molar-refractivity contribution < 1.29 is 19.1 Å². The van der Waals surface area contributed by atoms with Gasteiger partial charge in [-0.05, 0) is 37.5 Å². The molecule has 0 rings (SSSR count). The van der Waals surface area contributed by atoms with Gasteiger partial charge in [0, 0.05) is 12.8 Å². The van der Waals surface area contributed by atoms with Crippen molar-refractivity contribution in [2.75, 3.05) is 13.2 Å². The van der Waals surface area contributed by atoms with Gasteiger partial charge in [-0.1, -0.05) is 297 Å². The molecule has 370 valence electrons. The van der Waals surface area contributed by atoms with E-state index in [0.29, 0.717) is 38.9 Å². The van der Waals surface area contributed by atoms with Crippen molar-refractivity contribution in [3.63, 3.8) is 0 Å². The molecule has 0 aromatic carbocycles. The fourth-order valence-corrected chi connectivity index (χ4v) is 9.08. The van der Waals surface area contributed by atoms with E-state index in [1.807, 2.05) is 0 Å². The van der Waals surface area contributed by atoms with Gasteiger partial charge in [-0.15, -0.1) is 0 Å². The van der Waals surface area contributed by atoms with Crippen molar-refractivity contribution in [1.82, 2.24) is 0 Å². The van der Waals surface area contributed by atoms with Crippen LogP contribution in [0.2, 0.25) is 0 Å². The monoisotopic (exact) mass is 875 g/mol. The number of unbranched alkanes of at least 4 members (excludes halogenated alkanes) is 41. The number of hydrogen-bond acceptors (Lipinski definition) is 4. The summed E-state index contributed by atoms with van der Waals surface area (Å²) < 4.78 is 10.9. The lowest BCUT2D eigenvalue weighted by Gasteiger charge is -2.06. The molecule has 4 heteroatoms. The molecule has 0 aliphatic carbocycles. The second kappa shape index (κ2) is 52.6. The van der Waals surface area contributed by atoms with Gasteiger partial charge in [0.1, 0.15) is 0 Å². The minimum atomic E-state index is -0.119. The predicted octanol–water partition coefficient (Wildman–Crippen LogP) is 20.1. The summed E-state index contributed by atoms with van der Waals surface area (Å²) in [6, 6.07) is 0. The Hall–Kier alpha value is -1.06. The highest BCUT2D eigenvalue weighted by Gasteiger charge is 2.07. The Morgan fingerprint density at radius 2 is 0.403 bits per heavy atom. The van der Waals surface area contributed by atoms with Gasteiger partial charge in [0.2, 0.25) is 0 Å². The molecular formula is C58H114O4. The Balaban J connectivity index is 3.23. The molecule has 4 nitrogen and oxygen atoms in total. The maximum atomic E-state index is 12.1. The van der Waals surface area contributed by atoms with Crippen LogP contribution in [-0.2, 0) is 19.1 Å². The van der Waals surface area contributed by atoms with Crippen LogP contribution in [0.25, 0.3) is 0 Å². The van der Waals surface area contributed by atoms with E-state index in [9.17, 15) is 9.59 Å². The summed E-state index contributed by atoms with van der Waals surface area (Å²) >= 11 is 0. The molecule has 0 fully saturated rings. The zero-order valence-corrected chi connectivity index (χ0v) is 43.1. The number of ether oxygens (including phenoxy) is 2. The molecule has 0 bridgehead atoms. The standard InChI is InChI=1S/C58H114O4/c1-55(2)49-43-39-35-31-27-23-19-15-11-7-5-9-13-17-21-25-29-33-37-41-47-53-61-57(59)51-45-46-52-58(60)62-54-48-42-38-34-30-26-22-18-14-10-6-8-12-16-20-24-28-32-36-40-44-50-56(3)4/h55-56H,5-54H2,1-4H3. The number of esters is 2. The lowest BCUT2D eigenvalue weighted by molar-refractivity contribution is -0.146. The number of hydrogen-bond donors (Lipinski definition) is 0. The highest BCUT2D eigenvalue weighted by atomic mass is 16.5. The largest absolute Gasteiger partial charge is 0.466 e. The lowest BCUT2D eigenvalue weighted by atomic mass is 10.0. The van der Waals surface area contributed by atoms with E-state index in [1.54, 1.807) is 0 Å². The first-order chi connectivity index (χ1) is 30.4. The smallest absolute Gasteiger partial charge is 0.305 e. The first kappa shape index (κ1) is 60.9. The van der Waals surface area contributed by atoms with E-state index in [0.717, 1.165) is 37.5 Å². The van der Waals surface area contributed by atoms with Crippen molar-refractivity contribution in [3.8, 4) is 0 Å². The first-order valence-electron chi connectivity index (χ1n) is 28.7. The number of carbonyl (C=O) groups is 2. The highest BCUT2D eigenvalue weighted by Crippen LogP contribution is 2.18. The summed E-state index contributed by atoms with van der Waals surface area (Å²) in [5, 5.41) is 0. The second-order valence-electron chi connectivity index (χ2n) is 20.9. The van der Waals surface area contributed by atoms with Crippen LogP contribution in [0.15, 0.2) is 0 Å². The van der Waals surface area contributed by atoms with E-state index in [2.05, 4.69) is 27.7 Å². The van der Waals surface area contributed by atoms with Crippen LogP contribution in [-0.4, -0.2) is 25.2 Å². The fourth-order valence-electron chi connectivity index (χ4n) is 9.08. The van der Waals surface area contributed by atoms with E-state index < -0.39 is 0 Å². The van der Waals surface area contributed by atoms with Gasteiger partial charge in [-0.2, -0.15) is 0 Å². The molecule has 0 N–H and O–H groups in total. The normalized spacial score (nSPS) is 11.6. The Morgan fingerprint density at radius 1 is 0.242 bits per heavy atom. The SMILES string of the molecule is CC(C)CCCCCCCCCCCCCCCCCCCCCCCOC(=O)CCCCC(=O)OCCCCCCCCCCCCCCCCCCCCCCCC(C)C. The third-order valence-electron chi connectivity index (χ3n) is 13.4. The van der Waals surface area contributed by atoms with E-state index >= 15 is 0 Å². The van der Waals surface area contributed by atoms with Crippen LogP contribution in [0, 0.1) is 11.8 Å². The van der Waals surface area contributed by atoms with Gasteiger partial charge in [0.15, 0.2) is 0 Å². The third kappa shape index (κ3) is 55.1. The molecule has 0 saturated carbocycles. The average molecular weight is 876 g/mol. The summed E-state index contributed by atoms with van der Waals surface area (Å²) in [5.41, 5.74) is 0. The lowest BCUT2D eigenvalue weighted by Crippen LogP contribution is -2.08. The Morgan fingerprint density at radius 3 is 0.581 bits per heavy atom. The summed E-state index contributed by atoms with van der Waals surface area (Å²) in [6.45, 7) is 10.4. The van der Waals surface area contributed by atoms with Crippen molar-refractivity contribution in [2.45, 2.75) is 336 Å². The van der Waals surface area contributed by atoms with Crippen molar-refractivity contribution in [3.05, 3.63) is 0 Å². The highest BCUT2D eigenvalue weighted by molar-refractivity contribution is 5.70. The van der Waals surface area contributed by atoms with Gasteiger partial charge in [0.25, 0.3) is 0 Å². The molecule has 0 saturated heterocycles. The third-order valence-corrected chi connectivity index (χ3v) is 13.4. The fraction of sp³-hybridized carbons (Fsp3) is 0.966. The first-order valence-corrected chi connectivity index (χ1v) is 28.7. The molecule has 0 aromatic rings. The Kier molecular flexibility index (Phi) is 51.7. The van der Waals surface area contributed by atoms with Crippen molar-refractivity contribution in [2.24, 2.45) is 11.8 Å². The molecule has 0 heterocycles. The maximum absolute atomic E-state index is 12.1. The molecule has 0 aromatic heterocycles. The molecule has 62 heavy (non-hydrogen) atoms. The molecule has 0 aliphatic rings. The van der Waals surface area contributed by atoms with E-state index in [1.165, 1.54) is 257 Å². The quantitative estimate of drug-likeness (QED) is 0.0451. The van der Waals surface area contributed by atoms with Crippen molar-refractivity contribution in [1.29, 1.82) is 0 Å². The van der Waals surface area contributed by atoms with E-state index in [-0.39, 0.29) is 11.9 Å². The van der Waals surface area contributed by atoms with Crippen LogP contribution in [0.3, 0.4) is 0 Å². The average Bonchev–Trinajstić information content (AvgIpc) is 3.25. The summed E-state index contributed by atoms with van der Waals surface area (Å²) in [6.07, 6.45) is 63.0. The second-order valence-corrected chi connectivity index (χ2v) is 20.9. The molecule has 0 spiro atoms. The maximum Gasteiger partial charge on any atom is 0.305 e. The molecule has 0 unspecified atom stereocenters. The molecular weight excluding hydrogens is 761 g/mol. The van der Waals surface area contributed by atoms with Gasteiger partial charge < -0.3 is 9.47 Å². The van der Waals surface area contributed by atoms with Gasteiger partial charge >= 0.3 is 11.9 Å². The minimum absolute atomic E-state index is 0.119.